The van der Waals surface area contributed by atoms with Crippen LogP contribution in [0.4, 0.5) is 10.1 Å². The molecule has 3 aromatic rings. The molecule has 0 spiro atoms. The van der Waals surface area contributed by atoms with Gasteiger partial charge in [-0.2, -0.15) is 0 Å². The van der Waals surface area contributed by atoms with Crippen molar-refractivity contribution in [3.05, 3.63) is 66.4 Å². The first-order chi connectivity index (χ1) is 9.70. The number of imidazole rings is 1. The lowest BCUT2D eigenvalue weighted by Gasteiger charge is -2.02. The lowest BCUT2D eigenvalue weighted by molar-refractivity contribution is -0.115. The van der Waals surface area contributed by atoms with Gasteiger partial charge in [-0.1, -0.05) is 18.2 Å². The summed E-state index contributed by atoms with van der Waals surface area (Å²) >= 11 is 0. The molecule has 20 heavy (non-hydrogen) atoms. The van der Waals surface area contributed by atoms with Crippen LogP contribution in [0.5, 0.6) is 0 Å². The Kier molecular flexibility index (Phi) is 3.16. The summed E-state index contributed by atoms with van der Waals surface area (Å²) in [6.45, 7) is 0. The Morgan fingerprint density at radius 1 is 1.15 bits per heavy atom. The number of fused-ring (bicyclic) bond motifs is 1. The van der Waals surface area contributed by atoms with E-state index >= 15 is 0 Å². The van der Waals surface area contributed by atoms with Crippen LogP contribution in [-0.2, 0) is 11.2 Å². The van der Waals surface area contributed by atoms with Crippen molar-refractivity contribution in [1.29, 1.82) is 0 Å². The van der Waals surface area contributed by atoms with Crippen molar-refractivity contribution in [1.82, 2.24) is 9.38 Å². The van der Waals surface area contributed by atoms with Gasteiger partial charge in [-0.3, -0.25) is 4.79 Å². The third-order valence-electron chi connectivity index (χ3n) is 2.86. The van der Waals surface area contributed by atoms with Gasteiger partial charge in [0.1, 0.15) is 11.5 Å². The molecule has 0 saturated carbocycles. The fraction of sp³-hybridized carbons (Fsp3) is 0.0667. The second kappa shape index (κ2) is 5.13. The van der Waals surface area contributed by atoms with Gasteiger partial charge < -0.3 is 9.72 Å². The average Bonchev–Trinajstić information content (AvgIpc) is 2.80. The molecule has 0 aliphatic heterocycles. The molecule has 4 nitrogen and oxygen atoms in total. The first-order valence-electron chi connectivity index (χ1n) is 6.19. The number of aromatic nitrogens is 2. The summed E-state index contributed by atoms with van der Waals surface area (Å²) in [5.41, 5.74) is 1.96. The van der Waals surface area contributed by atoms with E-state index in [-0.39, 0.29) is 18.1 Å². The minimum atomic E-state index is -0.338. The van der Waals surface area contributed by atoms with E-state index in [4.69, 9.17) is 0 Å². The number of benzene rings is 1. The van der Waals surface area contributed by atoms with Crippen molar-refractivity contribution >= 4 is 17.2 Å². The van der Waals surface area contributed by atoms with E-state index in [1.807, 2.05) is 30.3 Å². The lowest BCUT2D eigenvalue weighted by Crippen LogP contribution is -2.14. The van der Waals surface area contributed by atoms with Crippen molar-refractivity contribution in [2.75, 3.05) is 5.32 Å². The third-order valence-corrected chi connectivity index (χ3v) is 2.86. The first kappa shape index (κ1) is 12.3. The fourth-order valence-electron chi connectivity index (χ4n) is 1.99. The predicted octanol–water partition coefficient (Wildman–Crippen LogP) is 2.65. The summed E-state index contributed by atoms with van der Waals surface area (Å²) in [5, 5.41) is 2.78. The van der Waals surface area contributed by atoms with E-state index in [2.05, 4.69) is 10.3 Å². The minimum absolute atomic E-state index is 0.151. The Labute approximate surface area is 114 Å². The zero-order chi connectivity index (χ0) is 13.9. The Balaban J connectivity index is 1.74. The molecule has 1 amide bonds. The van der Waals surface area contributed by atoms with E-state index in [1.54, 1.807) is 16.7 Å². The van der Waals surface area contributed by atoms with Gasteiger partial charge in [-0.25, -0.2) is 9.37 Å². The average molecular weight is 269 g/mol. The number of halogens is 1. The molecule has 1 aromatic carbocycles. The maximum Gasteiger partial charge on any atom is 0.230 e. The highest BCUT2D eigenvalue weighted by Crippen LogP contribution is 2.09. The summed E-state index contributed by atoms with van der Waals surface area (Å²) < 4.78 is 14.6. The fourth-order valence-corrected chi connectivity index (χ4v) is 1.99. The molecule has 100 valence electrons. The van der Waals surface area contributed by atoms with Gasteiger partial charge in [-0.05, 0) is 24.3 Å². The van der Waals surface area contributed by atoms with Crippen LogP contribution in [0.1, 0.15) is 5.69 Å². The number of para-hydroxylation sites is 1. The minimum Gasteiger partial charge on any atom is -0.326 e. The molecule has 2 aromatic heterocycles. The van der Waals surface area contributed by atoms with Crippen LogP contribution >= 0.6 is 0 Å². The number of carbonyl (C=O) groups excluding carboxylic acids is 1. The second-order valence-corrected chi connectivity index (χ2v) is 4.44. The summed E-state index contributed by atoms with van der Waals surface area (Å²) in [6, 6.07) is 12.1. The Hall–Kier alpha value is -2.69. The molecule has 5 heteroatoms. The van der Waals surface area contributed by atoms with Gasteiger partial charge in [-0.15, -0.1) is 0 Å². The van der Waals surface area contributed by atoms with E-state index in [1.165, 1.54) is 12.3 Å². The molecule has 3 rings (SSSR count). The van der Waals surface area contributed by atoms with Crippen LogP contribution < -0.4 is 5.32 Å². The molecule has 0 bridgehead atoms. The van der Waals surface area contributed by atoms with Crippen LogP contribution in [0.25, 0.3) is 5.65 Å². The number of nitrogens with one attached hydrogen (secondary N) is 1. The molecule has 0 aliphatic rings. The van der Waals surface area contributed by atoms with Gasteiger partial charge in [0.25, 0.3) is 0 Å². The Morgan fingerprint density at radius 3 is 2.75 bits per heavy atom. The maximum atomic E-state index is 13.1. The molecule has 0 aliphatic carbocycles. The zero-order valence-corrected chi connectivity index (χ0v) is 10.6. The van der Waals surface area contributed by atoms with Gasteiger partial charge in [0.05, 0.1) is 12.1 Å². The van der Waals surface area contributed by atoms with Crippen LogP contribution in [-0.4, -0.2) is 15.3 Å². The van der Waals surface area contributed by atoms with Crippen LogP contribution in [0.15, 0.2) is 54.9 Å². The molecule has 0 unspecified atom stereocenters. The highest BCUT2D eigenvalue weighted by Gasteiger charge is 2.08. The highest BCUT2D eigenvalue weighted by molar-refractivity contribution is 5.92. The number of anilines is 1. The number of hydrogen-bond donors (Lipinski definition) is 1. The molecule has 0 atom stereocenters. The van der Waals surface area contributed by atoms with Crippen molar-refractivity contribution in [3.8, 4) is 0 Å². The van der Waals surface area contributed by atoms with E-state index in [0.717, 1.165) is 5.69 Å². The number of carbonyl (C=O) groups is 1. The lowest BCUT2D eigenvalue weighted by atomic mass is 10.3. The zero-order valence-electron chi connectivity index (χ0n) is 10.6. The number of rotatable bonds is 3. The van der Waals surface area contributed by atoms with Crippen LogP contribution in [0.3, 0.4) is 0 Å². The number of nitrogens with zero attached hydrogens (tertiary/aromatic N) is 2. The maximum absolute atomic E-state index is 13.1. The summed E-state index contributed by atoms with van der Waals surface area (Å²) in [7, 11) is 0. The van der Waals surface area contributed by atoms with E-state index < -0.39 is 0 Å². The van der Waals surface area contributed by atoms with E-state index in [0.29, 0.717) is 11.3 Å². The molecule has 0 saturated heterocycles. The molecular formula is C15H12FN3O. The standard InChI is InChI=1S/C15H12FN3O/c16-11-6-7-14-17-13(10-19(14)9-11)8-15(20)18-12-4-2-1-3-5-12/h1-7,9-10H,8H2,(H,18,20). The summed E-state index contributed by atoms with van der Waals surface area (Å²) in [5.74, 6) is -0.490. The Bertz CT molecular complexity index is 752. The van der Waals surface area contributed by atoms with Gasteiger partial charge >= 0.3 is 0 Å². The number of amides is 1. The van der Waals surface area contributed by atoms with Crippen molar-refractivity contribution in [2.24, 2.45) is 0 Å². The van der Waals surface area contributed by atoms with Gasteiger partial charge in [0.15, 0.2) is 0 Å². The van der Waals surface area contributed by atoms with Crippen LogP contribution in [0, 0.1) is 5.82 Å². The SMILES string of the molecule is O=C(Cc1cn2cc(F)ccc2n1)Nc1ccccc1. The van der Waals surface area contributed by atoms with Crippen LogP contribution in [0.2, 0.25) is 0 Å². The van der Waals surface area contributed by atoms with Crippen molar-refractivity contribution in [3.63, 3.8) is 0 Å². The monoisotopic (exact) mass is 269 g/mol. The molecule has 1 N–H and O–H groups in total. The summed E-state index contributed by atoms with van der Waals surface area (Å²) in [6.07, 6.45) is 3.14. The first-order valence-corrected chi connectivity index (χ1v) is 6.19. The quantitative estimate of drug-likeness (QED) is 0.794. The number of pyridine rings is 1. The number of hydrogen-bond acceptors (Lipinski definition) is 2. The molecule has 0 fully saturated rings. The molecule has 2 heterocycles. The third kappa shape index (κ3) is 2.66. The Morgan fingerprint density at radius 2 is 1.95 bits per heavy atom. The van der Waals surface area contributed by atoms with Crippen molar-refractivity contribution < 1.29 is 9.18 Å². The van der Waals surface area contributed by atoms with Gasteiger partial charge in [0.2, 0.25) is 5.91 Å². The molecular weight excluding hydrogens is 257 g/mol. The molecule has 0 radical (unpaired) electrons. The summed E-state index contributed by atoms with van der Waals surface area (Å²) in [4.78, 5) is 16.2. The van der Waals surface area contributed by atoms with Crippen molar-refractivity contribution in [2.45, 2.75) is 6.42 Å². The largest absolute Gasteiger partial charge is 0.326 e. The smallest absolute Gasteiger partial charge is 0.230 e. The predicted molar refractivity (Wildman–Crippen MR) is 73.9 cm³/mol. The highest BCUT2D eigenvalue weighted by atomic mass is 19.1. The van der Waals surface area contributed by atoms with E-state index in [9.17, 15) is 9.18 Å². The normalized spacial score (nSPS) is 10.7. The second-order valence-electron chi connectivity index (χ2n) is 4.44. The van der Waals surface area contributed by atoms with Gasteiger partial charge in [0, 0.05) is 18.1 Å². The topological polar surface area (TPSA) is 46.4 Å².